The molecule has 0 unspecified atom stereocenters. The van der Waals surface area contributed by atoms with Crippen molar-refractivity contribution in [1.82, 2.24) is 5.32 Å². The van der Waals surface area contributed by atoms with Crippen LogP contribution in [-0.2, 0) is 9.53 Å². The van der Waals surface area contributed by atoms with Crippen molar-refractivity contribution in [2.24, 2.45) is 0 Å². The third-order valence-electron chi connectivity index (χ3n) is 1.71. The highest BCUT2D eigenvalue weighted by molar-refractivity contribution is 5.75. The molecule has 0 aliphatic heterocycles. The summed E-state index contributed by atoms with van der Waals surface area (Å²) in [5, 5.41) is 2.75. The van der Waals surface area contributed by atoms with Crippen molar-refractivity contribution in [2.45, 2.75) is 19.8 Å². The number of amides is 1. The highest BCUT2D eigenvalue weighted by Gasteiger charge is 2.06. The summed E-state index contributed by atoms with van der Waals surface area (Å²) in [6, 6.07) is 0. The van der Waals surface area contributed by atoms with Crippen molar-refractivity contribution in [1.29, 1.82) is 0 Å². The third-order valence-corrected chi connectivity index (χ3v) is 1.71. The maximum absolute atomic E-state index is 10.7. The highest BCUT2D eigenvalue weighted by atomic mass is 16.5. The summed E-state index contributed by atoms with van der Waals surface area (Å²) in [7, 11) is 1.66. The molecule has 0 aromatic carbocycles. The number of allylic oxidation sites excluding steroid dienone is 4. The van der Waals surface area contributed by atoms with Gasteiger partial charge >= 0.3 is 0 Å². The zero-order valence-corrected chi connectivity index (χ0v) is 7.39. The highest BCUT2D eigenvalue weighted by Crippen LogP contribution is 2.16. The molecule has 0 spiro atoms. The summed E-state index contributed by atoms with van der Waals surface area (Å²) < 4.78 is 5.05. The van der Waals surface area contributed by atoms with Gasteiger partial charge in [0.2, 0.25) is 5.91 Å². The number of carbonyl (C=O) groups excluding carboxylic acids is 1. The van der Waals surface area contributed by atoms with E-state index in [-0.39, 0.29) is 5.91 Å². The molecular weight excluding hydrogens is 154 g/mol. The molecule has 1 aliphatic carbocycles. The van der Waals surface area contributed by atoms with E-state index in [4.69, 9.17) is 4.74 Å². The van der Waals surface area contributed by atoms with Crippen LogP contribution in [0.15, 0.2) is 23.6 Å². The summed E-state index contributed by atoms with van der Waals surface area (Å²) in [5.41, 5.74) is 0.961. The smallest absolute Gasteiger partial charge is 0.220 e. The molecular formula is C9H13NO2. The molecule has 0 heterocycles. The molecule has 0 radical (unpaired) electrons. The predicted octanol–water partition coefficient (Wildman–Crippen LogP) is 1.33. The lowest BCUT2D eigenvalue weighted by atomic mass is 10.1. The maximum Gasteiger partial charge on any atom is 0.220 e. The van der Waals surface area contributed by atoms with Gasteiger partial charge in [-0.05, 0) is 18.6 Å². The van der Waals surface area contributed by atoms with Gasteiger partial charge in [-0.15, -0.1) is 0 Å². The number of carbonyl (C=O) groups is 1. The molecule has 3 nitrogen and oxygen atoms in total. The first kappa shape index (κ1) is 8.84. The first-order valence-electron chi connectivity index (χ1n) is 3.93. The number of nitrogens with one attached hydrogen (secondary N) is 1. The van der Waals surface area contributed by atoms with Crippen LogP contribution in [-0.4, -0.2) is 13.0 Å². The van der Waals surface area contributed by atoms with Gasteiger partial charge in [-0.3, -0.25) is 4.79 Å². The molecule has 0 aromatic rings. The lowest BCUT2D eigenvalue weighted by Gasteiger charge is -2.13. The van der Waals surface area contributed by atoms with Crippen molar-refractivity contribution in [2.75, 3.05) is 7.11 Å². The van der Waals surface area contributed by atoms with Crippen LogP contribution >= 0.6 is 0 Å². The lowest BCUT2D eigenvalue weighted by Crippen LogP contribution is -2.20. The van der Waals surface area contributed by atoms with Gasteiger partial charge in [0.15, 0.2) is 0 Å². The number of hydrogen-bond donors (Lipinski definition) is 1. The Morgan fingerprint density at radius 1 is 1.50 bits per heavy atom. The van der Waals surface area contributed by atoms with Crippen LogP contribution in [0, 0.1) is 0 Å². The first-order chi connectivity index (χ1) is 5.72. The Morgan fingerprint density at radius 3 is 2.67 bits per heavy atom. The Labute approximate surface area is 72.1 Å². The van der Waals surface area contributed by atoms with Crippen molar-refractivity contribution in [3.63, 3.8) is 0 Å². The van der Waals surface area contributed by atoms with Gasteiger partial charge < -0.3 is 10.1 Å². The average Bonchev–Trinajstić information content (AvgIpc) is 2.05. The minimum Gasteiger partial charge on any atom is -0.501 e. The SMILES string of the molecule is COC1=CC=C(NC(C)=O)CC1. The standard InChI is InChI=1S/C9H13NO2/c1-7(11)10-8-3-5-9(12-2)6-4-8/h3,5H,4,6H2,1-2H3,(H,10,11). The van der Waals surface area contributed by atoms with Crippen LogP contribution in [0.5, 0.6) is 0 Å². The monoisotopic (exact) mass is 167 g/mol. The second-order valence-corrected chi connectivity index (χ2v) is 2.71. The van der Waals surface area contributed by atoms with Crippen LogP contribution in [0.1, 0.15) is 19.8 Å². The summed E-state index contributed by atoms with van der Waals surface area (Å²) in [6.45, 7) is 1.51. The third kappa shape index (κ3) is 2.42. The molecule has 0 atom stereocenters. The normalized spacial score (nSPS) is 16.2. The van der Waals surface area contributed by atoms with Crippen molar-refractivity contribution in [3.8, 4) is 0 Å². The van der Waals surface area contributed by atoms with Gasteiger partial charge in [0.25, 0.3) is 0 Å². The van der Waals surface area contributed by atoms with Crippen LogP contribution in [0.3, 0.4) is 0 Å². The quantitative estimate of drug-likeness (QED) is 0.673. The van der Waals surface area contributed by atoms with E-state index in [1.54, 1.807) is 7.11 Å². The molecule has 0 saturated carbocycles. The molecule has 0 saturated heterocycles. The van der Waals surface area contributed by atoms with E-state index >= 15 is 0 Å². The van der Waals surface area contributed by atoms with E-state index in [1.165, 1.54) is 6.92 Å². The molecule has 12 heavy (non-hydrogen) atoms. The summed E-state index contributed by atoms with van der Waals surface area (Å²) in [6.07, 6.45) is 5.47. The van der Waals surface area contributed by atoms with E-state index < -0.39 is 0 Å². The van der Waals surface area contributed by atoms with Crippen molar-refractivity contribution < 1.29 is 9.53 Å². The second-order valence-electron chi connectivity index (χ2n) is 2.71. The molecule has 0 aromatic heterocycles. The second kappa shape index (κ2) is 3.95. The fourth-order valence-electron chi connectivity index (χ4n) is 1.12. The summed E-state index contributed by atoms with van der Waals surface area (Å²) >= 11 is 0. The fourth-order valence-corrected chi connectivity index (χ4v) is 1.12. The number of rotatable bonds is 2. The molecule has 1 rings (SSSR count). The summed E-state index contributed by atoms with van der Waals surface area (Å²) in [5.74, 6) is 0.944. The molecule has 0 bridgehead atoms. The van der Waals surface area contributed by atoms with Crippen LogP contribution < -0.4 is 5.32 Å². The largest absolute Gasteiger partial charge is 0.501 e. The van der Waals surface area contributed by atoms with E-state index in [9.17, 15) is 4.79 Å². The zero-order chi connectivity index (χ0) is 8.97. The molecule has 0 fully saturated rings. The van der Waals surface area contributed by atoms with Crippen molar-refractivity contribution in [3.05, 3.63) is 23.6 Å². The van der Waals surface area contributed by atoms with Gasteiger partial charge in [-0.2, -0.15) is 0 Å². The zero-order valence-electron chi connectivity index (χ0n) is 7.39. The van der Waals surface area contributed by atoms with Crippen LogP contribution in [0.4, 0.5) is 0 Å². The molecule has 1 N–H and O–H groups in total. The number of ether oxygens (including phenoxy) is 1. The van der Waals surface area contributed by atoms with Gasteiger partial charge in [0, 0.05) is 19.0 Å². The van der Waals surface area contributed by atoms with Gasteiger partial charge in [-0.1, -0.05) is 0 Å². The van der Waals surface area contributed by atoms with E-state index in [0.29, 0.717) is 0 Å². The Morgan fingerprint density at radius 2 is 2.25 bits per heavy atom. The minimum atomic E-state index is -0.0180. The molecule has 1 aliphatic rings. The van der Waals surface area contributed by atoms with Gasteiger partial charge in [0.05, 0.1) is 12.9 Å². The molecule has 66 valence electrons. The number of hydrogen-bond acceptors (Lipinski definition) is 2. The fraction of sp³-hybridized carbons (Fsp3) is 0.444. The maximum atomic E-state index is 10.7. The van der Waals surface area contributed by atoms with Gasteiger partial charge in [-0.25, -0.2) is 0 Å². The average molecular weight is 167 g/mol. The van der Waals surface area contributed by atoms with E-state index in [0.717, 1.165) is 24.3 Å². The topological polar surface area (TPSA) is 38.3 Å². The van der Waals surface area contributed by atoms with Gasteiger partial charge in [0.1, 0.15) is 0 Å². The van der Waals surface area contributed by atoms with E-state index in [2.05, 4.69) is 5.32 Å². The Kier molecular flexibility index (Phi) is 2.91. The molecule has 1 amide bonds. The van der Waals surface area contributed by atoms with Crippen LogP contribution in [0.25, 0.3) is 0 Å². The Bertz CT molecular complexity index is 241. The number of methoxy groups -OCH3 is 1. The first-order valence-corrected chi connectivity index (χ1v) is 3.93. The molecule has 3 heteroatoms. The van der Waals surface area contributed by atoms with Crippen LogP contribution in [0.2, 0.25) is 0 Å². The predicted molar refractivity (Wildman–Crippen MR) is 46.2 cm³/mol. The Hall–Kier alpha value is -1.25. The summed E-state index contributed by atoms with van der Waals surface area (Å²) in [4.78, 5) is 10.7. The van der Waals surface area contributed by atoms with Crippen molar-refractivity contribution >= 4 is 5.91 Å². The minimum absolute atomic E-state index is 0.0180. The lowest BCUT2D eigenvalue weighted by molar-refractivity contribution is -0.118. The van der Waals surface area contributed by atoms with E-state index in [1.807, 2.05) is 12.2 Å². The Balaban J connectivity index is 2.54.